The zero-order valence-electron chi connectivity index (χ0n) is 88.1. The van der Waals surface area contributed by atoms with E-state index in [1.54, 1.807) is 11.0 Å². The fourth-order valence-electron chi connectivity index (χ4n) is 22.0. The predicted octanol–water partition coefficient (Wildman–Crippen LogP) is 26.2. The average Bonchev–Trinajstić information content (AvgIpc) is 1.18. The second kappa shape index (κ2) is 49.8. The van der Waals surface area contributed by atoms with Crippen molar-refractivity contribution >= 4 is 87.1 Å². The summed E-state index contributed by atoms with van der Waals surface area (Å²) in [5.74, 6) is 0.636. The quantitative estimate of drug-likeness (QED) is 0.0272. The number of thiophene rings is 3. The third-order valence-electron chi connectivity index (χ3n) is 31.5. The van der Waals surface area contributed by atoms with Gasteiger partial charge >= 0.3 is 17.9 Å². The molecule has 6 aromatic heterocycles. The minimum atomic E-state index is -0.995. The van der Waals surface area contributed by atoms with E-state index >= 15 is 0 Å². The molecular formula is C124H144N10O12S3. The van der Waals surface area contributed by atoms with Gasteiger partial charge in [-0.1, -0.05) is 241 Å². The zero-order valence-corrected chi connectivity index (χ0v) is 90.5. The number of amides is 4. The molecule has 4 amide bonds. The van der Waals surface area contributed by atoms with Crippen LogP contribution in [0.4, 0.5) is 0 Å². The highest BCUT2D eigenvalue weighted by atomic mass is 32.1. The number of rotatable bonds is 34. The number of nitrogens with zero attached hydrogens (tertiary/aromatic N) is 9. The molecule has 3 saturated carbocycles. The summed E-state index contributed by atoms with van der Waals surface area (Å²) in [5, 5.41) is 31.5. The molecule has 6 fully saturated rings. The molecule has 0 spiro atoms. The lowest BCUT2D eigenvalue weighted by molar-refractivity contribution is -0.153. The largest absolute Gasteiger partial charge is 0.481 e. The summed E-state index contributed by atoms with van der Waals surface area (Å²) in [6.07, 6.45) is 34.2. The molecule has 6 aromatic carbocycles. The van der Waals surface area contributed by atoms with Crippen LogP contribution in [0, 0.1) is 47.3 Å². The van der Waals surface area contributed by atoms with Crippen LogP contribution >= 0.6 is 34.0 Å². The van der Waals surface area contributed by atoms with Crippen LogP contribution in [0.15, 0.2) is 219 Å². The molecule has 6 aliphatic rings. The maximum Gasteiger partial charge on any atom is 0.326 e. The lowest BCUT2D eigenvalue weighted by Gasteiger charge is -2.38. The van der Waals surface area contributed by atoms with Crippen molar-refractivity contribution in [3.63, 3.8) is 0 Å². The standard InChI is InChI=1S/2C42H49N3O4S.C40H46N4O4S/c1-5-27-6-10-29(11-7-27)30-14-16-31(17-15-30)35-24-43-39(44-25-35)32-12-8-28(9-13-32)22-34(40(47)45-21-20-33(26-45)41(48)49)23-36(46)37-18-19-38(50-37)42(2,3)4;1-5-27-8-12-29(13-9-27)30-16-18-31(19-17-30)34-25-43-39(44-26-34)32-14-10-28(11-15-32)23-33(40(47)45-22-6-7-35(45)41(48)49)24-36(46)37-20-21-38(50-37)42(2,3)4;1-4-26-5-9-28(10-6-26)29-13-15-30(16-14-29)32-21-41-37(42-22-32)31-11-7-27(8-12-31)20-35(39(46)44-23-33(24-44)40(47)48)43-38(45)36-18-17-34(49-36)19-25(2)3/h8-9,12-19,24-25,27,29,33-34H,5-7,10-11,20-23,26H2,1-4H3,(H,48,49);10-11,14-21,25-27,29,33,35H,5-9,12-13,22-24H2,1-4H3,(H,48,49);7-8,11-18,21-22,25-26,28,33,35H,4-6,9-10,19-20,23-24H2,1-3H3,(H,43,45)(H,47,48)/t27?,29?,33-,34+;27?,29?,33-,35+;26?,28?,35-/m010/s1. The van der Waals surface area contributed by atoms with Gasteiger partial charge in [0.15, 0.2) is 29.0 Å². The molecule has 18 rings (SSSR count). The van der Waals surface area contributed by atoms with Crippen molar-refractivity contribution < 1.29 is 58.5 Å². The lowest BCUT2D eigenvalue weighted by Crippen LogP contribution is -2.59. The van der Waals surface area contributed by atoms with Gasteiger partial charge in [-0.25, -0.2) is 34.7 Å². The van der Waals surface area contributed by atoms with Gasteiger partial charge in [0.1, 0.15) is 12.1 Å². The van der Waals surface area contributed by atoms with Crippen LogP contribution in [0.5, 0.6) is 0 Å². The van der Waals surface area contributed by atoms with Crippen molar-refractivity contribution in [2.45, 2.75) is 271 Å². The normalized spacial score (nSPS) is 19.6. The van der Waals surface area contributed by atoms with E-state index in [1.165, 1.54) is 157 Å². The van der Waals surface area contributed by atoms with Gasteiger partial charge in [0.25, 0.3) is 5.91 Å². The Morgan fingerprint density at radius 2 is 0.711 bits per heavy atom. The first-order chi connectivity index (χ1) is 71.6. The fourth-order valence-corrected chi connectivity index (χ4v) is 25.1. The number of nitrogens with one attached hydrogen (secondary N) is 1. The maximum atomic E-state index is 13.8. The van der Waals surface area contributed by atoms with Gasteiger partial charge in [0.2, 0.25) is 17.7 Å². The van der Waals surface area contributed by atoms with Crippen LogP contribution in [0.25, 0.3) is 67.5 Å². The summed E-state index contributed by atoms with van der Waals surface area (Å²) >= 11 is 4.39. The predicted molar refractivity (Wildman–Crippen MR) is 592 cm³/mol. The highest BCUT2D eigenvalue weighted by Gasteiger charge is 2.42. The molecule has 780 valence electrons. The smallest absolute Gasteiger partial charge is 0.326 e. The maximum absolute atomic E-state index is 13.8. The molecular weight excluding hydrogens is 1920 g/mol. The summed E-state index contributed by atoms with van der Waals surface area (Å²) in [6.45, 7) is 25.1. The molecule has 149 heavy (non-hydrogen) atoms. The zero-order chi connectivity index (χ0) is 105. The Morgan fingerprint density at radius 1 is 0.356 bits per heavy atom. The van der Waals surface area contributed by atoms with Gasteiger partial charge in [-0.15, -0.1) is 34.0 Å². The molecule has 9 heterocycles. The SMILES string of the molecule is CCC1CCC(c2ccc(-c3cnc(-c4ccc(C[C@H](CC(=O)c5ccc(C(C)(C)C)s5)C(=O)N5CCC[C@H]5C(=O)O)cc4)nc3)cc2)CC1.CCC1CCC(c2ccc(-c3cnc(-c4ccc(C[C@H](CC(=O)c5ccc(C(C)(C)C)s5)C(=O)N5CC[C@H](C(=O)O)C5)cc4)nc3)cc2)CC1.CCC1CCC(c2ccc(-c3cnc(-c4ccc(C[C@H](NC(=O)c5ccc(CC(C)C)s5)C(=O)N5CC(C(=O)O)C5)cc4)nc3)cc2)CC1. The number of ketones is 2. The summed E-state index contributed by atoms with van der Waals surface area (Å²) in [5.41, 5.74) is 15.6. The minimum Gasteiger partial charge on any atom is -0.481 e. The van der Waals surface area contributed by atoms with Crippen molar-refractivity contribution in [1.82, 2.24) is 49.9 Å². The van der Waals surface area contributed by atoms with E-state index in [4.69, 9.17) is 0 Å². The number of aliphatic carboxylic acids is 3. The van der Waals surface area contributed by atoms with Crippen LogP contribution in [0.3, 0.4) is 0 Å². The van der Waals surface area contributed by atoms with Gasteiger partial charge in [-0.2, -0.15) is 0 Å². The molecule has 0 bridgehead atoms. The molecule has 4 N–H and O–H groups in total. The average molecular weight is 2060 g/mol. The topological polar surface area (TPSA) is 313 Å². The van der Waals surface area contributed by atoms with E-state index < -0.39 is 53.7 Å². The van der Waals surface area contributed by atoms with E-state index in [0.717, 1.165) is 106 Å². The molecule has 3 saturated heterocycles. The Kier molecular flexibility index (Phi) is 36.4. The van der Waals surface area contributed by atoms with Gasteiger partial charge in [0, 0.05) is 149 Å². The molecule has 0 unspecified atom stereocenters. The van der Waals surface area contributed by atoms with Crippen molar-refractivity contribution in [2.75, 3.05) is 32.7 Å². The Balaban J connectivity index is 0.000000159. The number of carbonyl (C=O) groups excluding carboxylic acids is 6. The van der Waals surface area contributed by atoms with Gasteiger partial charge < -0.3 is 35.3 Å². The summed E-state index contributed by atoms with van der Waals surface area (Å²) in [6, 6.07) is 59.8. The van der Waals surface area contributed by atoms with E-state index in [2.05, 4.69) is 184 Å². The Labute approximate surface area is 889 Å². The van der Waals surface area contributed by atoms with E-state index in [-0.39, 0.29) is 84.9 Å². The first-order valence-corrected chi connectivity index (χ1v) is 56.4. The van der Waals surface area contributed by atoms with Crippen LogP contribution in [-0.2, 0) is 65.3 Å². The number of likely N-dealkylation sites (tertiary alicyclic amines) is 3. The minimum absolute atomic E-state index is 0.0268. The number of hydrogen-bond donors (Lipinski definition) is 4. The molecule has 5 atom stereocenters. The van der Waals surface area contributed by atoms with Crippen molar-refractivity contribution in [3.8, 4) is 67.5 Å². The number of hydrogen-bond acceptors (Lipinski definition) is 18. The monoisotopic (exact) mass is 2060 g/mol. The van der Waals surface area contributed by atoms with Crippen LogP contribution in [0.2, 0.25) is 0 Å². The van der Waals surface area contributed by atoms with Crippen LogP contribution in [0.1, 0.15) is 299 Å². The molecule has 0 radical (unpaired) electrons. The highest BCUT2D eigenvalue weighted by Crippen LogP contribution is 2.44. The second-order valence-corrected chi connectivity index (χ2v) is 47.9. The Bertz CT molecular complexity index is 6560. The van der Waals surface area contributed by atoms with E-state index in [9.17, 15) is 58.5 Å². The first kappa shape index (κ1) is 109. The van der Waals surface area contributed by atoms with Crippen LogP contribution in [-0.4, -0.2) is 158 Å². The fraction of sp³-hybridized carbons (Fsp3) is 0.444. The van der Waals surface area contributed by atoms with Crippen molar-refractivity contribution in [2.24, 2.45) is 47.3 Å². The van der Waals surface area contributed by atoms with Gasteiger partial charge in [0.05, 0.1) is 26.5 Å². The second-order valence-electron chi connectivity index (χ2n) is 44.6. The Morgan fingerprint density at radius 3 is 1.05 bits per heavy atom. The van der Waals surface area contributed by atoms with Crippen molar-refractivity contribution in [1.29, 1.82) is 0 Å². The number of carboxylic acids is 3. The molecule has 3 aliphatic heterocycles. The van der Waals surface area contributed by atoms with E-state index in [1.807, 2.05) is 140 Å². The van der Waals surface area contributed by atoms with Crippen LogP contribution < -0.4 is 5.32 Å². The van der Waals surface area contributed by atoms with E-state index in [0.29, 0.717) is 101 Å². The molecule has 3 aliphatic carbocycles. The van der Waals surface area contributed by atoms with Gasteiger partial charge in [-0.05, 0) is 254 Å². The summed E-state index contributed by atoms with van der Waals surface area (Å²) in [7, 11) is 0. The first-order valence-electron chi connectivity index (χ1n) is 53.9. The summed E-state index contributed by atoms with van der Waals surface area (Å²) < 4.78 is 0. The number of carbonyl (C=O) groups is 9. The van der Waals surface area contributed by atoms with Crippen molar-refractivity contribution in [3.05, 3.63) is 282 Å². The number of Topliss-reactive ketones (excluding diaryl/α,β-unsaturated/α-hetero) is 2. The lowest BCUT2D eigenvalue weighted by atomic mass is 9.78. The summed E-state index contributed by atoms with van der Waals surface area (Å²) in [4.78, 5) is 154. The Hall–Kier alpha value is -12.7. The number of aromatic nitrogens is 6. The molecule has 25 heteroatoms. The third-order valence-corrected chi connectivity index (χ3v) is 35.7. The molecule has 22 nitrogen and oxygen atoms in total. The number of benzene rings is 6. The van der Waals surface area contributed by atoms with Gasteiger partial charge in [-0.3, -0.25) is 38.4 Å². The molecule has 12 aromatic rings. The highest BCUT2D eigenvalue weighted by molar-refractivity contribution is 7.14. The number of carboxylic acid groups (broad SMARTS) is 3. The third kappa shape index (κ3) is 28.3.